The smallest absolute Gasteiger partial charge is 0.216 e. The highest BCUT2D eigenvalue weighted by Crippen LogP contribution is 2.33. The highest BCUT2D eigenvalue weighted by Gasteiger charge is 2.34. The normalized spacial score (nSPS) is 22.5. The number of nitrogens with zero attached hydrogens (tertiary/aromatic N) is 4. The zero-order chi connectivity index (χ0) is 15.0. The Morgan fingerprint density at radius 1 is 1.29 bits per heavy atom. The first-order valence-corrected chi connectivity index (χ1v) is 7.91. The third-order valence-electron chi connectivity index (χ3n) is 4.82. The van der Waals surface area contributed by atoms with Gasteiger partial charge in [-0.1, -0.05) is 0 Å². The molecule has 0 radical (unpaired) electrons. The van der Waals surface area contributed by atoms with E-state index in [1.54, 1.807) is 7.11 Å². The van der Waals surface area contributed by atoms with Gasteiger partial charge in [0.05, 0.1) is 24.4 Å². The van der Waals surface area contributed by atoms with Crippen LogP contribution in [0.2, 0.25) is 0 Å². The molecule has 1 aliphatic carbocycles. The van der Waals surface area contributed by atoms with Crippen LogP contribution in [0.3, 0.4) is 0 Å². The zero-order valence-electron chi connectivity index (χ0n) is 13.4. The summed E-state index contributed by atoms with van der Waals surface area (Å²) >= 11 is 0. The number of aryl methyl sites for hydroxylation is 2. The van der Waals surface area contributed by atoms with Gasteiger partial charge in [-0.05, 0) is 19.8 Å². The van der Waals surface area contributed by atoms with Gasteiger partial charge in [0.15, 0.2) is 0 Å². The van der Waals surface area contributed by atoms with E-state index in [1.165, 1.54) is 12.8 Å². The van der Waals surface area contributed by atoms with Crippen molar-refractivity contribution < 1.29 is 4.74 Å². The predicted molar refractivity (Wildman–Crippen MR) is 82.5 cm³/mol. The first kappa shape index (κ1) is 14.8. The Bertz CT molecular complexity index is 488. The number of ether oxygens (including phenoxy) is 1. The van der Waals surface area contributed by atoms with Crippen molar-refractivity contribution in [3.05, 3.63) is 11.3 Å². The monoisotopic (exact) mass is 293 g/mol. The van der Waals surface area contributed by atoms with Crippen molar-refractivity contribution in [2.24, 2.45) is 12.8 Å². The van der Waals surface area contributed by atoms with Gasteiger partial charge in [0.25, 0.3) is 0 Å². The lowest BCUT2D eigenvalue weighted by atomic mass is 10.0. The van der Waals surface area contributed by atoms with Crippen LogP contribution in [0.4, 0.5) is 0 Å². The Kier molecular flexibility index (Phi) is 4.19. The average molecular weight is 293 g/mol. The SMILES string of the molecule is COc1c(C(CN)N2CCN(C3CC3)CC2)c(C)nn1C. The van der Waals surface area contributed by atoms with Gasteiger partial charge in [-0.2, -0.15) is 5.10 Å². The fourth-order valence-corrected chi connectivity index (χ4v) is 3.58. The van der Waals surface area contributed by atoms with E-state index in [1.807, 2.05) is 18.7 Å². The summed E-state index contributed by atoms with van der Waals surface area (Å²) in [6.45, 7) is 7.12. The number of nitrogens with two attached hydrogens (primary N) is 1. The Balaban J connectivity index is 1.76. The third kappa shape index (κ3) is 2.80. The fourth-order valence-electron chi connectivity index (χ4n) is 3.58. The molecule has 1 saturated heterocycles. The summed E-state index contributed by atoms with van der Waals surface area (Å²) in [5, 5.41) is 4.50. The molecule has 0 spiro atoms. The van der Waals surface area contributed by atoms with Crippen molar-refractivity contribution in [1.29, 1.82) is 0 Å². The van der Waals surface area contributed by atoms with Crippen molar-refractivity contribution in [3.63, 3.8) is 0 Å². The molecular formula is C15H27N5O. The largest absolute Gasteiger partial charge is 0.481 e. The molecule has 1 atom stereocenters. The molecule has 1 aromatic rings. The van der Waals surface area contributed by atoms with Gasteiger partial charge in [0.2, 0.25) is 5.88 Å². The third-order valence-corrected chi connectivity index (χ3v) is 4.82. The first-order chi connectivity index (χ1) is 10.2. The van der Waals surface area contributed by atoms with Crippen molar-refractivity contribution >= 4 is 0 Å². The van der Waals surface area contributed by atoms with Crippen LogP contribution in [0, 0.1) is 6.92 Å². The van der Waals surface area contributed by atoms with Crippen LogP contribution in [0.25, 0.3) is 0 Å². The second-order valence-corrected chi connectivity index (χ2v) is 6.19. The van der Waals surface area contributed by atoms with Gasteiger partial charge in [0.1, 0.15) is 0 Å². The van der Waals surface area contributed by atoms with Crippen LogP contribution in [-0.4, -0.2) is 65.5 Å². The van der Waals surface area contributed by atoms with Crippen LogP contribution in [-0.2, 0) is 7.05 Å². The van der Waals surface area contributed by atoms with E-state index in [-0.39, 0.29) is 6.04 Å². The number of methoxy groups -OCH3 is 1. The molecule has 3 rings (SSSR count). The predicted octanol–water partition coefficient (Wildman–Crippen LogP) is 0.517. The molecule has 1 aromatic heterocycles. The maximum Gasteiger partial charge on any atom is 0.216 e. The molecule has 2 N–H and O–H groups in total. The van der Waals surface area contributed by atoms with E-state index in [9.17, 15) is 0 Å². The van der Waals surface area contributed by atoms with Gasteiger partial charge in [-0.25, -0.2) is 4.68 Å². The number of piperazine rings is 1. The van der Waals surface area contributed by atoms with Gasteiger partial charge in [0, 0.05) is 45.8 Å². The topological polar surface area (TPSA) is 59.6 Å². The zero-order valence-corrected chi connectivity index (χ0v) is 13.4. The van der Waals surface area contributed by atoms with Crippen LogP contribution in [0.1, 0.15) is 30.1 Å². The number of hydrogen-bond donors (Lipinski definition) is 1. The van der Waals surface area contributed by atoms with Crippen molar-refractivity contribution in [1.82, 2.24) is 19.6 Å². The van der Waals surface area contributed by atoms with E-state index in [4.69, 9.17) is 10.5 Å². The lowest BCUT2D eigenvalue weighted by molar-refractivity contribution is 0.0924. The highest BCUT2D eigenvalue weighted by atomic mass is 16.5. The van der Waals surface area contributed by atoms with Crippen LogP contribution < -0.4 is 10.5 Å². The van der Waals surface area contributed by atoms with Crippen LogP contribution in [0.15, 0.2) is 0 Å². The van der Waals surface area contributed by atoms with Gasteiger partial charge in [-0.3, -0.25) is 9.80 Å². The summed E-state index contributed by atoms with van der Waals surface area (Å²) in [5.41, 5.74) is 8.27. The number of hydrogen-bond acceptors (Lipinski definition) is 5. The first-order valence-electron chi connectivity index (χ1n) is 7.91. The quantitative estimate of drug-likeness (QED) is 0.857. The summed E-state index contributed by atoms with van der Waals surface area (Å²) in [5.74, 6) is 0.840. The Morgan fingerprint density at radius 3 is 2.48 bits per heavy atom. The summed E-state index contributed by atoms with van der Waals surface area (Å²) in [6.07, 6.45) is 2.77. The van der Waals surface area contributed by atoms with Crippen LogP contribution in [0.5, 0.6) is 5.88 Å². The molecule has 21 heavy (non-hydrogen) atoms. The molecule has 1 saturated carbocycles. The molecule has 6 nitrogen and oxygen atoms in total. The Morgan fingerprint density at radius 2 is 1.95 bits per heavy atom. The summed E-state index contributed by atoms with van der Waals surface area (Å²) in [7, 11) is 3.63. The van der Waals surface area contributed by atoms with E-state index in [2.05, 4.69) is 14.9 Å². The van der Waals surface area contributed by atoms with E-state index in [0.717, 1.165) is 49.4 Å². The van der Waals surface area contributed by atoms with Gasteiger partial charge in [-0.15, -0.1) is 0 Å². The van der Waals surface area contributed by atoms with E-state index < -0.39 is 0 Å². The molecule has 6 heteroatoms. The molecule has 2 heterocycles. The molecule has 1 unspecified atom stereocenters. The average Bonchev–Trinajstić information content (AvgIpc) is 3.28. The van der Waals surface area contributed by atoms with E-state index >= 15 is 0 Å². The Labute approximate surface area is 126 Å². The molecular weight excluding hydrogens is 266 g/mol. The highest BCUT2D eigenvalue weighted by molar-refractivity contribution is 5.34. The molecule has 2 fully saturated rings. The summed E-state index contributed by atoms with van der Waals surface area (Å²) in [4.78, 5) is 5.11. The maximum atomic E-state index is 6.10. The van der Waals surface area contributed by atoms with Gasteiger partial charge >= 0.3 is 0 Å². The van der Waals surface area contributed by atoms with E-state index in [0.29, 0.717) is 6.54 Å². The molecule has 0 bridgehead atoms. The van der Waals surface area contributed by atoms with Crippen molar-refractivity contribution in [2.75, 3.05) is 39.8 Å². The minimum atomic E-state index is 0.204. The fraction of sp³-hybridized carbons (Fsp3) is 0.800. The van der Waals surface area contributed by atoms with Crippen molar-refractivity contribution in [3.8, 4) is 5.88 Å². The Hall–Kier alpha value is -1.11. The molecule has 1 aliphatic heterocycles. The molecule has 118 valence electrons. The summed E-state index contributed by atoms with van der Waals surface area (Å²) in [6, 6.07) is 1.06. The molecule has 0 aromatic carbocycles. The molecule has 0 amide bonds. The van der Waals surface area contributed by atoms with Crippen LogP contribution >= 0.6 is 0 Å². The summed E-state index contributed by atoms with van der Waals surface area (Å²) < 4.78 is 7.36. The number of aromatic nitrogens is 2. The minimum Gasteiger partial charge on any atom is -0.481 e. The second-order valence-electron chi connectivity index (χ2n) is 6.19. The minimum absolute atomic E-state index is 0.204. The number of rotatable bonds is 5. The second kappa shape index (κ2) is 5.94. The lowest BCUT2D eigenvalue weighted by Gasteiger charge is -2.39. The van der Waals surface area contributed by atoms with Crippen molar-refractivity contribution in [2.45, 2.75) is 31.8 Å². The molecule has 2 aliphatic rings. The lowest BCUT2D eigenvalue weighted by Crippen LogP contribution is -2.49. The standard InChI is InChI=1S/C15H27N5O/c1-11-14(15(21-3)18(2)17-11)13(10-16)20-8-6-19(7-9-20)12-4-5-12/h12-13H,4-10,16H2,1-3H3. The maximum absolute atomic E-state index is 6.10. The van der Waals surface area contributed by atoms with Gasteiger partial charge < -0.3 is 10.5 Å².